The van der Waals surface area contributed by atoms with Crippen LogP contribution in [0.1, 0.15) is 18.9 Å². The van der Waals surface area contributed by atoms with E-state index < -0.39 is 0 Å². The SMILES string of the molecule is CCCn1ccn(Cc2c(Cl)cccc2Cl)c1=O. The molecule has 1 heterocycles. The average Bonchev–Trinajstić information content (AvgIpc) is 2.67. The standard InChI is InChI=1S/C13H14Cl2N2O/c1-2-6-16-7-8-17(13(16)18)9-10-11(14)4-3-5-12(10)15/h3-5,7-8H,2,6,9H2,1H3. The molecule has 0 saturated carbocycles. The van der Waals surface area contributed by atoms with Crippen LogP contribution in [0.2, 0.25) is 10.0 Å². The van der Waals surface area contributed by atoms with Crippen LogP contribution in [0.3, 0.4) is 0 Å². The molecule has 0 aliphatic heterocycles. The molecule has 0 atom stereocenters. The first-order chi connectivity index (χ1) is 8.63. The van der Waals surface area contributed by atoms with Crippen molar-refractivity contribution in [3.05, 3.63) is 56.7 Å². The van der Waals surface area contributed by atoms with E-state index in [-0.39, 0.29) is 5.69 Å². The van der Waals surface area contributed by atoms with Gasteiger partial charge in [-0.15, -0.1) is 0 Å². The van der Waals surface area contributed by atoms with Crippen LogP contribution in [0, 0.1) is 0 Å². The van der Waals surface area contributed by atoms with Gasteiger partial charge in [-0.1, -0.05) is 36.2 Å². The second-order valence-corrected chi connectivity index (χ2v) is 4.92. The zero-order valence-corrected chi connectivity index (χ0v) is 11.6. The van der Waals surface area contributed by atoms with E-state index in [4.69, 9.17) is 23.2 Å². The lowest BCUT2D eigenvalue weighted by atomic mass is 10.2. The maximum atomic E-state index is 12.0. The maximum Gasteiger partial charge on any atom is 0.328 e. The zero-order chi connectivity index (χ0) is 13.1. The van der Waals surface area contributed by atoms with E-state index >= 15 is 0 Å². The summed E-state index contributed by atoms with van der Waals surface area (Å²) < 4.78 is 3.30. The lowest BCUT2D eigenvalue weighted by Gasteiger charge is -2.07. The fourth-order valence-electron chi connectivity index (χ4n) is 1.84. The van der Waals surface area contributed by atoms with E-state index in [2.05, 4.69) is 0 Å². The van der Waals surface area contributed by atoms with E-state index in [9.17, 15) is 4.79 Å². The van der Waals surface area contributed by atoms with Gasteiger partial charge in [-0.25, -0.2) is 4.79 Å². The van der Waals surface area contributed by atoms with Gasteiger partial charge in [0.25, 0.3) is 0 Å². The Hall–Kier alpha value is -1.19. The highest BCUT2D eigenvalue weighted by Gasteiger charge is 2.09. The quantitative estimate of drug-likeness (QED) is 0.845. The topological polar surface area (TPSA) is 26.9 Å². The first kappa shape index (κ1) is 13.2. The van der Waals surface area contributed by atoms with Gasteiger partial charge in [0.15, 0.2) is 0 Å². The summed E-state index contributed by atoms with van der Waals surface area (Å²) in [7, 11) is 0. The fourth-order valence-corrected chi connectivity index (χ4v) is 2.36. The minimum absolute atomic E-state index is 0.0344. The van der Waals surface area contributed by atoms with Crippen molar-refractivity contribution in [1.29, 1.82) is 0 Å². The molecule has 0 amide bonds. The molecule has 0 bridgehead atoms. The molecule has 18 heavy (non-hydrogen) atoms. The van der Waals surface area contributed by atoms with Gasteiger partial charge in [0, 0.05) is 34.5 Å². The van der Waals surface area contributed by atoms with Crippen LogP contribution in [0.4, 0.5) is 0 Å². The number of hydrogen-bond acceptors (Lipinski definition) is 1. The largest absolute Gasteiger partial charge is 0.328 e. The van der Waals surface area contributed by atoms with Crippen LogP contribution < -0.4 is 5.69 Å². The monoisotopic (exact) mass is 284 g/mol. The zero-order valence-electron chi connectivity index (χ0n) is 10.1. The van der Waals surface area contributed by atoms with Crippen molar-refractivity contribution < 1.29 is 0 Å². The van der Waals surface area contributed by atoms with Gasteiger partial charge < -0.3 is 0 Å². The summed E-state index contributed by atoms with van der Waals surface area (Å²) in [4.78, 5) is 12.0. The lowest BCUT2D eigenvalue weighted by Crippen LogP contribution is -2.24. The van der Waals surface area contributed by atoms with Gasteiger partial charge >= 0.3 is 5.69 Å². The van der Waals surface area contributed by atoms with Gasteiger partial charge in [-0.2, -0.15) is 0 Å². The third-order valence-corrected chi connectivity index (χ3v) is 3.48. The predicted octanol–water partition coefficient (Wildman–Crippen LogP) is 3.41. The van der Waals surface area contributed by atoms with Crippen LogP contribution in [0.5, 0.6) is 0 Å². The summed E-state index contributed by atoms with van der Waals surface area (Å²) in [6.45, 7) is 3.16. The van der Waals surface area contributed by atoms with Gasteiger partial charge in [-0.3, -0.25) is 9.13 Å². The molecule has 1 aromatic carbocycles. The van der Waals surface area contributed by atoms with Crippen molar-refractivity contribution in [2.75, 3.05) is 0 Å². The van der Waals surface area contributed by atoms with E-state index in [1.807, 2.05) is 6.92 Å². The minimum Gasteiger partial charge on any atom is -0.299 e. The predicted molar refractivity (Wildman–Crippen MR) is 74.5 cm³/mol. The highest BCUT2D eigenvalue weighted by Crippen LogP contribution is 2.24. The van der Waals surface area contributed by atoms with Crippen molar-refractivity contribution in [1.82, 2.24) is 9.13 Å². The van der Waals surface area contributed by atoms with Crippen molar-refractivity contribution in [2.45, 2.75) is 26.4 Å². The number of aromatic nitrogens is 2. The normalized spacial score (nSPS) is 10.8. The third kappa shape index (κ3) is 2.62. The molecule has 3 nitrogen and oxygen atoms in total. The van der Waals surface area contributed by atoms with E-state index in [0.717, 1.165) is 18.5 Å². The molecule has 0 spiro atoms. The summed E-state index contributed by atoms with van der Waals surface area (Å²) in [5.41, 5.74) is 0.741. The van der Waals surface area contributed by atoms with Gasteiger partial charge in [0.2, 0.25) is 0 Å². The number of nitrogens with zero attached hydrogens (tertiary/aromatic N) is 2. The second kappa shape index (κ2) is 5.63. The third-order valence-electron chi connectivity index (χ3n) is 2.77. The van der Waals surface area contributed by atoms with Gasteiger partial charge in [0.05, 0.1) is 6.54 Å². The van der Waals surface area contributed by atoms with Crippen LogP contribution in [0.15, 0.2) is 35.4 Å². The summed E-state index contributed by atoms with van der Waals surface area (Å²) >= 11 is 12.2. The molecule has 0 aliphatic rings. The Kier molecular flexibility index (Phi) is 4.15. The molecule has 0 radical (unpaired) electrons. The number of hydrogen-bond donors (Lipinski definition) is 0. The highest BCUT2D eigenvalue weighted by atomic mass is 35.5. The molecule has 2 rings (SSSR count). The number of halogens is 2. The van der Waals surface area contributed by atoms with Crippen LogP contribution >= 0.6 is 23.2 Å². The fraction of sp³-hybridized carbons (Fsp3) is 0.308. The smallest absolute Gasteiger partial charge is 0.299 e. The summed E-state index contributed by atoms with van der Waals surface area (Å²) in [6.07, 6.45) is 4.48. The van der Waals surface area contributed by atoms with Crippen LogP contribution in [0.25, 0.3) is 0 Å². The van der Waals surface area contributed by atoms with E-state index in [0.29, 0.717) is 16.6 Å². The Bertz CT molecular complexity index is 581. The molecule has 0 N–H and O–H groups in total. The first-order valence-corrected chi connectivity index (χ1v) is 6.57. The van der Waals surface area contributed by atoms with Crippen LogP contribution in [-0.4, -0.2) is 9.13 Å². The number of aryl methyl sites for hydroxylation is 1. The number of rotatable bonds is 4. The van der Waals surface area contributed by atoms with Gasteiger partial charge in [0.1, 0.15) is 0 Å². The highest BCUT2D eigenvalue weighted by molar-refractivity contribution is 6.35. The van der Waals surface area contributed by atoms with Crippen LogP contribution in [-0.2, 0) is 13.1 Å². The van der Waals surface area contributed by atoms with Crippen molar-refractivity contribution >= 4 is 23.2 Å². The van der Waals surface area contributed by atoms with Crippen molar-refractivity contribution in [2.24, 2.45) is 0 Å². The second-order valence-electron chi connectivity index (χ2n) is 4.10. The van der Waals surface area contributed by atoms with Crippen molar-refractivity contribution in [3.8, 4) is 0 Å². The van der Waals surface area contributed by atoms with Crippen molar-refractivity contribution in [3.63, 3.8) is 0 Å². The minimum atomic E-state index is -0.0344. The Morgan fingerprint density at radius 3 is 2.33 bits per heavy atom. The van der Waals surface area contributed by atoms with Gasteiger partial charge in [-0.05, 0) is 18.6 Å². The molecule has 5 heteroatoms. The summed E-state index contributed by atoms with van der Waals surface area (Å²) in [5.74, 6) is 0. The summed E-state index contributed by atoms with van der Waals surface area (Å²) in [6, 6.07) is 5.34. The Balaban J connectivity index is 2.32. The first-order valence-electron chi connectivity index (χ1n) is 5.82. The Morgan fingerprint density at radius 1 is 1.11 bits per heavy atom. The van der Waals surface area contributed by atoms with E-state index in [1.165, 1.54) is 0 Å². The molecule has 2 aromatic rings. The Morgan fingerprint density at radius 2 is 1.72 bits per heavy atom. The average molecular weight is 285 g/mol. The lowest BCUT2D eigenvalue weighted by molar-refractivity contribution is 0.624. The maximum absolute atomic E-state index is 12.0. The molecular weight excluding hydrogens is 271 g/mol. The molecule has 1 aromatic heterocycles. The molecular formula is C13H14Cl2N2O. The molecule has 96 valence electrons. The molecule has 0 unspecified atom stereocenters. The Labute approximate surface area is 116 Å². The summed E-state index contributed by atoms with van der Waals surface area (Å²) in [5, 5.41) is 1.16. The van der Waals surface area contributed by atoms with E-state index in [1.54, 1.807) is 39.7 Å². The number of benzene rings is 1. The molecule has 0 aliphatic carbocycles. The molecule has 0 saturated heterocycles. The molecule has 0 fully saturated rings. The number of imidazole rings is 1.